The first-order valence-electron chi connectivity index (χ1n) is 7.89. The molecule has 1 amide bonds. The van der Waals surface area contributed by atoms with Crippen molar-refractivity contribution in [3.8, 4) is 0 Å². The van der Waals surface area contributed by atoms with Crippen LogP contribution in [0.15, 0.2) is 6.07 Å². The van der Waals surface area contributed by atoms with Crippen LogP contribution in [0.1, 0.15) is 49.8 Å². The number of rotatable bonds is 3. The van der Waals surface area contributed by atoms with E-state index in [0.717, 1.165) is 31.6 Å². The van der Waals surface area contributed by atoms with Gasteiger partial charge in [-0.2, -0.15) is 0 Å². The van der Waals surface area contributed by atoms with Crippen molar-refractivity contribution < 1.29 is 4.79 Å². The van der Waals surface area contributed by atoms with Crippen molar-refractivity contribution >= 4 is 11.9 Å². The van der Waals surface area contributed by atoms with Crippen molar-refractivity contribution in [3.05, 3.63) is 17.5 Å². The third-order valence-electron chi connectivity index (χ3n) is 4.09. The summed E-state index contributed by atoms with van der Waals surface area (Å²) < 4.78 is 0. The first-order valence-corrected chi connectivity index (χ1v) is 7.89. The lowest BCUT2D eigenvalue weighted by molar-refractivity contribution is 0.0809. The van der Waals surface area contributed by atoms with Gasteiger partial charge in [-0.25, -0.2) is 9.97 Å². The van der Waals surface area contributed by atoms with Gasteiger partial charge in [0.1, 0.15) is 5.69 Å². The highest BCUT2D eigenvalue weighted by Gasteiger charge is 2.27. The van der Waals surface area contributed by atoms with Crippen LogP contribution in [0.5, 0.6) is 0 Å². The zero-order valence-corrected chi connectivity index (χ0v) is 14.2. The molecule has 1 aliphatic heterocycles. The molecular formula is C16H27N5O. The fourth-order valence-corrected chi connectivity index (χ4v) is 2.75. The van der Waals surface area contributed by atoms with Crippen LogP contribution in [0, 0.1) is 6.92 Å². The summed E-state index contributed by atoms with van der Waals surface area (Å²) in [5.74, 6) is 0.365. The summed E-state index contributed by atoms with van der Waals surface area (Å²) in [5.41, 5.74) is 1.41. The van der Waals surface area contributed by atoms with Crippen molar-refractivity contribution in [1.29, 1.82) is 0 Å². The highest BCUT2D eigenvalue weighted by molar-refractivity contribution is 5.92. The predicted octanol–water partition coefficient (Wildman–Crippen LogP) is 1.82. The maximum atomic E-state index is 12.4. The lowest BCUT2D eigenvalue weighted by Gasteiger charge is -2.41. The topological polar surface area (TPSA) is 70.2 Å². The minimum Gasteiger partial charge on any atom is -0.357 e. The molecule has 6 heteroatoms. The van der Waals surface area contributed by atoms with Crippen molar-refractivity contribution in [2.75, 3.05) is 25.5 Å². The van der Waals surface area contributed by atoms with Crippen LogP contribution in [-0.4, -0.2) is 52.5 Å². The maximum absolute atomic E-state index is 12.4. The smallest absolute Gasteiger partial charge is 0.270 e. The van der Waals surface area contributed by atoms with E-state index >= 15 is 0 Å². The molecule has 0 bridgehead atoms. The highest BCUT2D eigenvalue weighted by atomic mass is 16.1. The molecule has 2 heterocycles. The van der Waals surface area contributed by atoms with Crippen LogP contribution >= 0.6 is 0 Å². The standard InChI is InChI=1S/C16H27N5O/c1-11-10-13(20-15(17-5)18-11)14(22)19-12-6-8-21(9-7-12)16(2,3)4/h10,12H,6-9H2,1-5H3,(H,19,22)(H,17,18,20). The molecule has 0 saturated carbocycles. The van der Waals surface area contributed by atoms with Crippen molar-refractivity contribution in [2.45, 2.75) is 52.1 Å². The van der Waals surface area contributed by atoms with Gasteiger partial charge in [-0.15, -0.1) is 0 Å². The van der Waals surface area contributed by atoms with E-state index in [9.17, 15) is 4.79 Å². The summed E-state index contributed by atoms with van der Waals surface area (Å²) in [6.07, 6.45) is 1.96. The van der Waals surface area contributed by atoms with E-state index in [0.29, 0.717) is 11.6 Å². The van der Waals surface area contributed by atoms with Crippen molar-refractivity contribution in [2.24, 2.45) is 0 Å². The molecule has 1 aromatic rings. The highest BCUT2D eigenvalue weighted by Crippen LogP contribution is 2.20. The first kappa shape index (κ1) is 16.7. The SMILES string of the molecule is CNc1nc(C)cc(C(=O)NC2CCN(C(C)(C)C)CC2)n1. The molecule has 2 rings (SSSR count). The number of carbonyl (C=O) groups excluding carboxylic acids is 1. The molecule has 1 fully saturated rings. The van der Waals surface area contributed by atoms with Gasteiger partial charge in [0.25, 0.3) is 5.91 Å². The molecule has 122 valence electrons. The normalized spacial score (nSPS) is 17.3. The molecule has 1 saturated heterocycles. The molecule has 2 N–H and O–H groups in total. The molecule has 0 radical (unpaired) electrons. The molecule has 6 nitrogen and oxygen atoms in total. The minimum atomic E-state index is -0.115. The van der Waals surface area contributed by atoms with Gasteiger partial charge in [-0.05, 0) is 46.6 Å². The third kappa shape index (κ3) is 4.16. The summed E-state index contributed by atoms with van der Waals surface area (Å²) in [7, 11) is 1.75. The summed E-state index contributed by atoms with van der Waals surface area (Å²) >= 11 is 0. The number of likely N-dealkylation sites (tertiary alicyclic amines) is 1. The van der Waals surface area contributed by atoms with E-state index in [1.807, 2.05) is 6.92 Å². The average molecular weight is 305 g/mol. The van der Waals surface area contributed by atoms with Gasteiger partial charge in [0.2, 0.25) is 5.95 Å². The summed E-state index contributed by atoms with van der Waals surface area (Å²) in [4.78, 5) is 23.3. The minimum absolute atomic E-state index is 0.115. The van der Waals surface area contributed by atoms with Gasteiger partial charge in [0.05, 0.1) is 0 Å². The van der Waals surface area contributed by atoms with Gasteiger partial charge in [0.15, 0.2) is 0 Å². The average Bonchev–Trinajstić information content (AvgIpc) is 2.46. The summed E-state index contributed by atoms with van der Waals surface area (Å²) in [6.45, 7) is 10.6. The van der Waals surface area contributed by atoms with Gasteiger partial charge >= 0.3 is 0 Å². The number of hydrogen-bond donors (Lipinski definition) is 2. The number of aryl methyl sites for hydroxylation is 1. The Bertz CT molecular complexity index is 530. The number of amides is 1. The van der Waals surface area contributed by atoms with Gasteiger partial charge in [0, 0.05) is 37.4 Å². The molecule has 0 unspecified atom stereocenters. The Morgan fingerprint density at radius 3 is 2.45 bits per heavy atom. The van der Waals surface area contributed by atoms with E-state index in [-0.39, 0.29) is 17.5 Å². The van der Waals surface area contributed by atoms with E-state index in [4.69, 9.17) is 0 Å². The lowest BCUT2D eigenvalue weighted by Crippen LogP contribution is -2.50. The molecule has 22 heavy (non-hydrogen) atoms. The lowest BCUT2D eigenvalue weighted by atomic mass is 9.98. The van der Waals surface area contributed by atoms with Crippen LogP contribution in [0.3, 0.4) is 0 Å². The van der Waals surface area contributed by atoms with Gasteiger partial charge in [-0.3, -0.25) is 9.69 Å². The molecule has 0 aromatic carbocycles. The van der Waals surface area contributed by atoms with E-state index < -0.39 is 0 Å². The van der Waals surface area contributed by atoms with E-state index in [1.54, 1.807) is 13.1 Å². The first-order chi connectivity index (χ1) is 10.3. The van der Waals surface area contributed by atoms with E-state index in [2.05, 4.69) is 46.3 Å². The maximum Gasteiger partial charge on any atom is 0.270 e. The summed E-state index contributed by atoms with van der Waals surface area (Å²) in [6, 6.07) is 1.94. The Labute approximate surface area is 132 Å². The molecule has 0 aliphatic carbocycles. The molecule has 1 aliphatic rings. The second-order valence-electron chi connectivity index (χ2n) is 6.87. The van der Waals surface area contributed by atoms with Crippen LogP contribution < -0.4 is 10.6 Å². The van der Waals surface area contributed by atoms with Crippen LogP contribution in [0.2, 0.25) is 0 Å². The van der Waals surface area contributed by atoms with Crippen molar-refractivity contribution in [3.63, 3.8) is 0 Å². The molecular weight excluding hydrogens is 278 g/mol. The molecule has 1 aromatic heterocycles. The van der Waals surface area contributed by atoms with Crippen molar-refractivity contribution in [1.82, 2.24) is 20.2 Å². The zero-order valence-electron chi connectivity index (χ0n) is 14.2. The van der Waals surface area contributed by atoms with Crippen LogP contribution in [0.25, 0.3) is 0 Å². The number of carbonyl (C=O) groups is 1. The number of anilines is 1. The predicted molar refractivity (Wildman–Crippen MR) is 88.1 cm³/mol. The molecule has 0 spiro atoms. The third-order valence-corrected chi connectivity index (χ3v) is 4.09. The summed E-state index contributed by atoms with van der Waals surface area (Å²) in [5, 5.41) is 5.98. The second kappa shape index (κ2) is 6.60. The van der Waals surface area contributed by atoms with E-state index in [1.165, 1.54) is 0 Å². The Balaban J connectivity index is 1.95. The molecule has 0 atom stereocenters. The van der Waals surface area contributed by atoms with Gasteiger partial charge in [-0.1, -0.05) is 0 Å². The number of nitrogens with zero attached hydrogens (tertiary/aromatic N) is 3. The Morgan fingerprint density at radius 2 is 1.91 bits per heavy atom. The second-order valence-corrected chi connectivity index (χ2v) is 6.87. The Morgan fingerprint density at radius 1 is 1.27 bits per heavy atom. The zero-order chi connectivity index (χ0) is 16.3. The number of piperidine rings is 1. The van der Waals surface area contributed by atoms with Crippen LogP contribution in [0.4, 0.5) is 5.95 Å². The quantitative estimate of drug-likeness (QED) is 0.891. The number of aromatic nitrogens is 2. The fraction of sp³-hybridized carbons (Fsp3) is 0.688. The largest absolute Gasteiger partial charge is 0.357 e. The Kier molecular flexibility index (Phi) is 5.01. The number of hydrogen-bond acceptors (Lipinski definition) is 5. The monoisotopic (exact) mass is 305 g/mol. The van der Waals surface area contributed by atoms with Gasteiger partial charge < -0.3 is 10.6 Å². The Hall–Kier alpha value is -1.69. The fourth-order valence-electron chi connectivity index (χ4n) is 2.75. The van der Waals surface area contributed by atoms with Crippen LogP contribution in [-0.2, 0) is 0 Å². The number of nitrogens with one attached hydrogen (secondary N) is 2.